The Morgan fingerprint density at radius 3 is 2.77 bits per heavy atom. The van der Waals surface area contributed by atoms with Crippen molar-refractivity contribution in [2.45, 2.75) is 37.4 Å². The summed E-state index contributed by atoms with van der Waals surface area (Å²) in [5.41, 5.74) is 14.9. The van der Waals surface area contributed by atoms with Crippen molar-refractivity contribution in [1.82, 2.24) is 0 Å². The first-order valence-electron chi connectivity index (χ1n) is 10.2. The van der Waals surface area contributed by atoms with Gasteiger partial charge in [0, 0.05) is 36.7 Å². The van der Waals surface area contributed by atoms with Gasteiger partial charge in [0.1, 0.15) is 5.84 Å². The molecule has 1 aromatic carbocycles. The number of nitrogens with zero attached hydrogens (tertiary/aromatic N) is 2. The lowest BCUT2D eigenvalue weighted by molar-refractivity contribution is -0.122. The Morgan fingerprint density at radius 1 is 1.30 bits per heavy atom. The number of benzene rings is 1. The molecule has 8 heteroatoms. The van der Waals surface area contributed by atoms with E-state index in [-0.39, 0.29) is 11.8 Å². The highest BCUT2D eigenvalue weighted by molar-refractivity contribution is 8.77. The third-order valence-corrected chi connectivity index (χ3v) is 9.14. The fourth-order valence-electron chi connectivity index (χ4n) is 3.63. The molecule has 1 saturated heterocycles. The van der Waals surface area contributed by atoms with Gasteiger partial charge in [0.25, 0.3) is 0 Å². The Labute approximate surface area is 191 Å². The number of nitrogens with two attached hydrogens (primary N) is 2. The summed E-state index contributed by atoms with van der Waals surface area (Å²) in [6.45, 7) is 0. The van der Waals surface area contributed by atoms with Gasteiger partial charge >= 0.3 is 0 Å². The van der Waals surface area contributed by atoms with Crippen molar-refractivity contribution in [2.75, 3.05) is 24.7 Å². The number of anilines is 1. The molecule has 0 aliphatic carbocycles. The highest BCUT2D eigenvalue weighted by atomic mass is 33.1. The van der Waals surface area contributed by atoms with Crippen molar-refractivity contribution in [3.8, 4) is 0 Å². The quantitative estimate of drug-likeness (QED) is 0.300. The summed E-state index contributed by atoms with van der Waals surface area (Å²) in [6.07, 6.45) is 4.91. The van der Waals surface area contributed by atoms with E-state index in [0.29, 0.717) is 12.3 Å². The maximum absolute atomic E-state index is 12.2. The summed E-state index contributed by atoms with van der Waals surface area (Å²) < 4.78 is 0. The molecule has 4 N–H and O–H groups in total. The number of rotatable bonds is 10. The highest BCUT2D eigenvalue weighted by Crippen LogP contribution is 2.40. The number of primary amides is 1. The number of carbonyl (C=O) groups is 1. The Bertz CT molecular complexity index is 861. The highest BCUT2D eigenvalue weighted by Gasteiger charge is 2.21. The first-order valence-corrected chi connectivity index (χ1v) is 13.5. The van der Waals surface area contributed by atoms with Crippen molar-refractivity contribution >= 4 is 56.0 Å². The average molecular weight is 463 g/mol. The standard InChI is InChI=1S/C22H30N4OS3/c1-26(2)19-9-8-17(25-21(23)20-7-4-11-28-20)14-16(19)13-15(22(24)27)5-3-6-18-10-12-29-30-18/h4,7-9,11,14-15,18H,3,5-6,10,12-13H2,1-2H3,(H2,23,25)(H2,24,27). The predicted octanol–water partition coefficient (Wildman–Crippen LogP) is 4.82. The lowest BCUT2D eigenvalue weighted by atomic mass is 9.91. The maximum Gasteiger partial charge on any atom is 0.220 e. The van der Waals surface area contributed by atoms with E-state index >= 15 is 0 Å². The van der Waals surface area contributed by atoms with E-state index in [2.05, 4.69) is 9.89 Å². The number of hydrogen-bond donors (Lipinski definition) is 2. The van der Waals surface area contributed by atoms with Crippen LogP contribution in [0.25, 0.3) is 0 Å². The molecular weight excluding hydrogens is 432 g/mol. The number of amidine groups is 1. The van der Waals surface area contributed by atoms with Crippen LogP contribution in [-0.4, -0.2) is 36.8 Å². The number of thiophene rings is 1. The van der Waals surface area contributed by atoms with Gasteiger partial charge in [-0.15, -0.1) is 11.3 Å². The van der Waals surface area contributed by atoms with E-state index in [9.17, 15) is 4.79 Å². The normalized spacial score (nSPS) is 17.8. The molecule has 0 radical (unpaired) electrons. The van der Waals surface area contributed by atoms with E-state index in [1.807, 2.05) is 71.4 Å². The minimum absolute atomic E-state index is 0.170. The van der Waals surface area contributed by atoms with Gasteiger partial charge in [-0.1, -0.05) is 34.1 Å². The summed E-state index contributed by atoms with van der Waals surface area (Å²) in [6, 6.07) is 9.97. The Kier molecular flexibility index (Phi) is 8.53. The molecule has 1 fully saturated rings. The van der Waals surface area contributed by atoms with Crippen molar-refractivity contribution in [3.05, 3.63) is 46.2 Å². The Hall–Kier alpha value is -1.64. The maximum atomic E-state index is 12.2. The fourth-order valence-corrected chi connectivity index (χ4v) is 7.28. The minimum atomic E-state index is -0.222. The Morgan fingerprint density at radius 2 is 2.13 bits per heavy atom. The molecule has 3 rings (SSSR count). The van der Waals surface area contributed by atoms with Crippen LogP contribution in [-0.2, 0) is 11.2 Å². The zero-order valence-corrected chi connectivity index (χ0v) is 20.0. The van der Waals surface area contributed by atoms with Gasteiger partial charge in [0.05, 0.1) is 10.6 Å². The second-order valence-corrected chi connectivity index (χ2v) is 11.5. The molecule has 1 aliphatic heterocycles. The van der Waals surface area contributed by atoms with E-state index < -0.39 is 0 Å². The lowest BCUT2D eigenvalue weighted by Crippen LogP contribution is -2.26. The molecule has 2 aromatic rings. The first-order chi connectivity index (χ1) is 14.4. The smallest absolute Gasteiger partial charge is 0.220 e. The molecule has 0 bridgehead atoms. The molecule has 162 valence electrons. The summed E-state index contributed by atoms with van der Waals surface area (Å²) in [4.78, 5) is 19.8. The number of hydrogen-bond acceptors (Lipinski definition) is 6. The van der Waals surface area contributed by atoms with Crippen LogP contribution in [0.4, 0.5) is 11.4 Å². The van der Waals surface area contributed by atoms with Crippen LogP contribution in [0.2, 0.25) is 0 Å². The van der Waals surface area contributed by atoms with Crippen molar-refractivity contribution in [2.24, 2.45) is 22.4 Å². The molecule has 30 heavy (non-hydrogen) atoms. The average Bonchev–Trinajstić information content (AvgIpc) is 3.41. The molecular formula is C22H30N4OS3. The van der Waals surface area contributed by atoms with Gasteiger partial charge in [-0.05, 0) is 60.9 Å². The van der Waals surface area contributed by atoms with Crippen LogP contribution in [0.15, 0.2) is 40.7 Å². The molecule has 2 unspecified atom stereocenters. The fraction of sp³-hybridized carbons (Fsp3) is 0.455. The van der Waals surface area contributed by atoms with Gasteiger partial charge in [-0.3, -0.25) is 4.79 Å². The van der Waals surface area contributed by atoms with Gasteiger partial charge < -0.3 is 16.4 Å². The van der Waals surface area contributed by atoms with Crippen LogP contribution < -0.4 is 16.4 Å². The van der Waals surface area contributed by atoms with Crippen LogP contribution in [0.1, 0.15) is 36.1 Å². The predicted molar refractivity (Wildman–Crippen MR) is 134 cm³/mol. The summed E-state index contributed by atoms with van der Waals surface area (Å²) >= 11 is 1.57. The third-order valence-electron chi connectivity index (χ3n) is 5.24. The molecule has 1 aliphatic rings. The van der Waals surface area contributed by atoms with Crippen molar-refractivity contribution < 1.29 is 4.79 Å². The molecule has 5 nitrogen and oxygen atoms in total. The van der Waals surface area contributed by atoms with E-state index in [1.165, 1.54) is 12.2 Å². The zero-order chi connectivity index (χ0) is 21.5. The molecule has 0 spiro atoms. The number of amides is 1. The van der Waals surface area contributed by atoms with E-state index in [1.54, 1.807) is 11.3 Å². The van der Waals surface area contributed by atoms with Crippen LogP contribution in [0, 0.1) is 5.92 Å². The van der Waals surface area contributed by atoms with E-state index in [0.717, 1.165) is 46.3 Å². The van der Waals surface area contributed by atoms with Gasteiger partial charge in [0.2, 0.25) is 5.91 Å². The van der Waals surface area contributed by atoms with Gasteiger partial charge in [-0.2, -0.15) is 0 Å². The number of aliphatic imine (C=N–C) groups is 1. The molecule has 1 amide bonds. The lowest BCUT2D eigenvalue weighted by Gasteiger charge is -2.21. The molecule has 2 atom stereocenters. The van der Waals surface area contributed by atoms with Crippen molar-refractivity contribution in [3.63, 3.8) is 0 Å². The molecule has 2 heterocycles. The second kappa shape index (κ2) is 11.1. The minimum Gasteiger partial charge on any atom is -0.383 e. The van der Waals surface area contributed by atoms with E-state index in [4.69, 9.17) is 11.5 Å². The SMILES string of the molecule is CN(C)c1ccc(/N=C(\N)c2cccs2)cc1CC(CCCC1CCSS1)C(N)=O. The zero-order valence-electron chi connectivity index (χ0n) is 17.5. The summed E-state index contributed by atoms with van der Waals surface area (Å²) in [5.74, 6) is 1.35. The van der Waals surface area contributed by atoms with Crippen LogP contribution in [0.5, 0.6) is 0 Å². The molecule has 0 saturated carbocycles. The van der Waals surface area contributed by atoms with Crippen LogP contribution in [0.3, 0.4) is 0 Å². The summed E-state index contributed by atoms with van der Waals surface area (Å²) in [5, 5.41) is 2.71. The second-order valence-electron chi connectivity index (χ2n) is 7.74. The van der Waals surface area contributed by atoms with Crippen molar-refractivity contribution in [1.29, 1.82) is 0 Å². The van der Waals surface area contributed by atoms with Crippen LogP contribution >= 0.6 is 32.9 Å². The van der Waals surface area contributed by atoms with Gasteiger partial charge in [0.15, 0.2) is 0 Å². The largest absolute Gasteiger partial charge is 0.383 e. The third kappa shape index (κ3) is 6.43. The topological polar surface area (TPSA) is 84.7 Å². The van der Waals surface area contributed by atoms with Gasteiger partial charge in [-0.25, -0.2) is 4.99 Å². The molecule has 1 aromatic heterocycles. The number of carbonyl (C=O) groups excluding carboxylic acids is 1. The monoisotopic (exact) mass is 462 g/mol. The summed E-state index contributed by atoms with van der Waals surface area (Å²) in [7, 11) is 7.97. The Balaban J connectivity index is 1.75. The first kappa shape index (κ1) is 23.0.